The van der Waals surface area contributed by atoms with Gasteiger partial charge in [0.1, 0.15) is 12.4 Å². The Hall–Kier alpha value is -1.92. The van der Waals surface area contributed by atoms with Gasteiger partial charge in [-0.1, -0.05) is 6.42 Å². The number of carbonyl (C=O) groups is 1. The molecule has 1 atom stereocenters. The van der Waals surface area contributed by atoms with Crippen LogP contribution in [0.5, 0.6) is 5.75 Å². The fourth-order valence-electron chi connectivity index (χ4n) is 3.17. The second-order valence-corrected chi connectivity index (χ2v) is 7.89. The second kappa shape index (κ2) is 9.14. The molecule has 3 rings (SSSR count). The van der Waals surface area contributed by atoms with Crippen LogP contribution in [0.2, 0.25) is 0 Å². The molecule has 0 unspecified atom stereocenters. The molecule has 1 aromatic carbocycles. The minimum Gasteiger partial charge on any atom is -0.487 e. The van der Waals surface area contributed by atoms with Crippen molar-refractivity contribution in [3.05, 3.63) is 45.9 Å². The fourth-order valence-corrected chi connectivity index (χ4v) is 3.76. The maximum atomic E-state index is 12.3. The summed E-state index contributed by atoms with van der Waals surface area (Å²) in [5.74, 6) is 0.712. The van der Waals surface area contributed by atoms with Crippen molar-refractivity contribution in [1.82, 2.24) is 15.2 Å². The molecule has 1 aromatic heterocycles. The third-order valence-electron chi connectivity index (χ3n) is 4.74. The summed E-state index contributed by atoms with van der Waals surface area (Å²) in [6.45, 7) is 7.57. The molecule has 0 aliphatic carbocycles. The molecule has 0 bridgehead atoms. The minimum atomic E-state index is -0.0319. The first-order valence-corrected chi connectivity index (χ1v) is 10.2. The van der Waals surface area contributed by atoms with E-state index in [4.69, 9.17) is 4.74 Å². The molecule has 0 spiro atoms. The number of nitrogens with one attached hydrogen (secondary N) is 1. The number of nitrogens with zero attached hydrogens (tertiary/aromatic N) is 2. The number of aryl methyl sites for hydroxylation is 1. The Morgan fingerprint density at radius 2 is 2.00 bits per heavy atom. The van der Waals surface area contributed by atoms with Gasteiger partial charge in [0, 0.05) is 23.5 Å². The van der Waals surface area contributed by atoms with Crippen LogP contribution in [0.4, 0.5) is 0 Å². The largest absolute Gasteiger partial charge is 0.487 e. The summed E-state index contributed by atoms with van der Waals surface area (Å²) in [5.41, 5.74) is 1.59. The van der Waals surface area contributed by atoms with E-state index in [1.807, 2.05) is 36.6 Å². The van der Waals surface area contributed by atoms with Crippen LogP contribution in [0.1, 0.15) is 47.2 Å². The van der Waals surface area contributed by atoms with Gasteiger partial charge in [-0.05, 0) is 64.0 Å². The molecule has 2 heterocycles. The van der Waals surface area contributed by atoms with Crippen molar-refractivity contribution in [3.63, 3.8) is 0 Å². The smallest absolute Gasteiger partial charge is 0.251 e. The van der Waals surface area contributed by atoms with Crippen LogP contribution in [0.3, 0.4) is 0 Å². The van der Waals surface area contributed by atoms with E-state index in [1.54, 1.807) is 11.3 Å². The lowest BCUT2D eigenvalue weighted by molar-refractivity contribution is 0.0930. The Labute approximate surface area is 159 Å². The first kappa shape index (κ1) is 18.9. The number of piperidine rings is 1. The zero-order valence-electron chi connectivity index (χ0n) is 15.5. The number of aromatic nitrogens is 1. The van der Waals surface area contributed by atoms with Crippen LogP contribution < -0.4 is 10.1 Å². The molecule has 2 aromatic rings. The molecule has 1 fully saturated rings. The molecule has 1 amide bonds. The van der Waals surface area contributed by atoms with Crippen molar-refractivity contribution in [3.8, 4) is 5.75 Å². The normalized spacial score (nSPS) is 16.2. The molecule has 0 saturated carbocycles. The Morgan fingerprint density at radius 3 is 2.65 bits per heavy atom. The molecular weight excluding hydrogens is 346 g/mol. The van der Waals surface area contributed by atoms with Crippen LogP contribution >= 0.6 is 11.3 Å². The van der Waals surface area contributed by atoms with Gasteiger partial charge in [-0.25, -0.2) is 4.98 Å². The summed E-state index contributed by atoms with van der Waals surface area (Å²) in [7, 11) is 0. The number of rotatable bonds is 7. The van der Waals surface area contributed by atoms with Crippen LogP contribution in [0, 0.1) is 6.92 Å². The number of amides is 1. The van der Waals surface area contributed by atoms with Crippen LogP contribution in [-0.4, -0.2) is 41.5 Å². The van der Waals surface area contributed by atoms with Crippen LogP contribution in [0.25, 0.3) is 0 Å². The molecule has 1 N–H and O–H groups in total. The maximum Gasteiger partial charge on any atom is 0.251 e. The number of ether oxygens (including phenoxy) is 1. The van der Waals surface area contributed by atoms with Crippen molar-refractivity contribution >= 4 is 17.2 Å². The topological polar surface area (TPSA) is 54.5 Å². The summed E-state index contributed by atoms with van der Waals surface area (Å²) in [6.07, 6.45) is 3.85. The number of likely N-dealkylation sites (tertiary alicyclic amines) is 1. The molecule has 5 nitrogen and oxygen atoms in total. The summed E-state index contributed by atoms with van der Waals surface area (Å²) in [4.78, 5) is 19.2. The molecule has 1 aliphatic heterocycles. The summed E-state index contributed by atoms with van der Waals surface area (Å²) >= 11 is 1.62. The lowest BCUT2D eigenvalue weighted by Gasteiger charge is -2.32. The van der Waals surface area contributed by atoms with Gasteiger partial charge >= 0.3 is 0 Å². The molecular formula is C20H27N3O2S. The Bertz CT molecular complexity index is 708. The average Bonchev–Trinajstić information content (AvgIpc) is 3.10. The van der Waals surface area contributed by atoms with Crippen molar-refractivity contribution in [2.45, 2.75) is 45.8 Å². The van der Waals surface area contributed by atoms with E-state index in [1.165, 1.54) is 19.3 Å². The summed E-state index contributed by atoms with van der Waals surface area (Å²) in [6, 6.07) is 7.67. The third-order valence-corrected chi connectivity index (χ3v) is 5.56. The van der Waals surface area contributed by atoms with E-state index < -0.39 is 0 Å². The zero-order chi connectivity index (χ0) is 18.4. The van der Waals surface area contributed by atoms with Crippen molar-refractivity contribution in [2.24, 2.45) is 0 Å². The number of thiazole rings is 1. The van der Waals surface area contributed by atoms with Gasteiger partial charge in [0.25, 0.3) is 5.91 Å². The van der Waals surface area contributed by atoms with E-state index in [9.17, 15) is 4.79 Å². The molecule has 1 saturated heterocycles. The lowest BCUT2D eigenvalue weighted by Crippen LogP contribution is -2.44. The number of benzene rings is 1. The number of hydrogen-bond donors (Lipinski definition) is 1. The van der Waals surface area contributed by atoms with Crippen molar-refractivity contribution in [1.29, 1.82) is 0 Å². The monoisotopic (exact) mass is 373 g/mol. The molecule has 26 heavy (non-hydrogen) atoms. The summed E-state index contributed by atoms with van der Waals surface area (Å²) in [5, 5.41) is 6.08. The molecule has 6 heteroatoms. The first-order chi connectivity index (χ1) is 12.6. The van der Waals surface area contributed by atoms with Gasteiger partial charge in [0.15, 0.2) is 0 Å². The lowest BCUT2D eigenvalue weighted by atomic mass is 10.1. The van der Waals surface area contributed by atoms with Crippen LogP contribution in [-0.2, 0) is 6.61 Å². The number of carbonyl (C=O) groups excluding carboxylic acids is 1. The van der Waals surface area contributed by atoms with Gasteiger partial charge < -0.3 is 10.1 Å². The fraction of sp³-hybridized carbons (Fsp3) is 0.500. The van der Waals surface area contributed by atoms with Gasteiger partial charge in [-0.2, -0.15) is 0 Å². The maximum absolute atomic E-state index is 12.3. The van der Waals surface area contributed by atoms with Gasteiger partial charge in [0.05, 0.1) is 10.7 Å². The van der Waals surface area contributed by atoms with Gasteiger partial charge in [-0.3, -0.25) is 9.69 Å². The van der Waals surface area contributed by atoms with Crippen LogP contribution in [0.15, 0.2) is 29.6 Å². The summed E-state index contributed by atoms with van der Waals surface area (Å²) < 4.78 is 5.72. The highest BCUT2D eigenvalue weighted by atomic mass is 32.1. The average molecular weight is 374 g/mol. The Balaban J connectivity index is 1.45. The van der Waals surface area contributed by atoms with Gasteiger partial charge in [0.2, 0.25) is 0 Å². The number of hydrogen-bond acceptors (Lipinski definition) is 5. The highest BCUT2D eigenvalue weighted by Gasteiger charge is 2.17. The Kier molecular flexibility index (Phi) is 6.63. The third kappa shape index (κ3) is 5.29. The molecule has 140 valence electrons. The van der Waals surface area contributed by atoms with E-state index in [0.29, 0.717) is 24.8 Å². The van der Waals surface area contributed by atoms with E-state index in [2.05, 4.69) is 22.1 Å². The SMILES string of the molecule is Cc1nc(COc2ccc(C(=O)NC[C@@H](C)N3CCCCC3)cc2)cs1. The van der Waals surface area contributed by atoms with E-state index in [0.717, 1.165) is 29.5 Å². The molecule has 1 aliphatic rings. The first-order valence-electron chi connectivity index (χ1n) is 9.28. The Morgan fingerprint density at radius 1 is 1.27 bits per heavy atom. The predicted molar refractivity (Wildman–Crippen MR) is 105 cm³/mol. The highest BCUT2D eigenvalue weighted by molar-refractivity contribution is 7.09. The zero-order valence-corrected chi connectivity index (χ0v) is 16.3. The quantitative estimate of drug-likeness (QED) is 0.805. The second-order valence-electron chi connectivity index (χ2n) is 6.83. The van der Waals surface area contributed by atoms with Crippen molar-refractivity contribution in [2.75, 3.05) is 19.6 Å². The minimum absolute atomic E-state index is 0.0319. The van der Waals surface area contributed by atoms with Gasteiger partial charge in [-0.15, -0.1) is 11.3 Å². The van der Waals surface area contributed by atoms with Crippen molar-refractivity contribution < 1.29 is 9.53 Å². The standard InChI is InChI=1S/C20H27N3O2S/c1-15(23-10-4-3-5-11-23)12-21-20(24)17-6-8-19(9-7-17)25-13-18-14-26-16(2)22-18/h6-9,14-15H,3-5,10-13H2,1-2H3,(H,21,24)/t15-/m1/s1. The predicted octanol–water partition coefficient (Wildman–Crippen LogP) is 3.63. The van der Waals surface area contributed by atoms with E-state index in [-0.39, 0.29) is 5.91 Å². The van der Waals surface area contributed by atoms with E-state index >= 15 is 0 Å². The molecule has 0 radical (unpaired) electrons. The highest BCUT2D eigenvalue weighted by Crippen LogP contribution is 2.16.